The molecule has 0 spiro atoms. The molecule has 2 heterocycles. The summed E-state index contributed by atoms with van der Waals surface area (Å²) in [5, 5.41) is 3.10. The molecule has 3 aromatic carbocycles. The summed E-state index contributed by atoms with van der Waals surface area (Å²) in [5.41, 5.74) is 2.26. The first-order valence-electron chi connectivity index (χ1n) is 13.2. The summed E-state index contributed by atoms with van der Waals surface area (Å²) < 4.78 is 21.4. The molecule has 0 bridgehead atoms. The molecule has 1 atom stereocenters. The number of hydrogen-bond donors (Lipinski definition) is 1. The van der Waals surface area contributed by atoms with Crippen molar-refractivity contribution in [3.8, 4) is 17.2 Å². The van der Waals surface area contributed by atoms with Crippen LogP contribution in [0.5, 0.6) is 17.2 Å². The van der Waals surface area contributed by atoms with Crippen molar-refractivity contribution in [2.75, 3.05) is 30.2 Å². The maximum absolute atomic E-state index is 13.8. The van der Waals surface area contributed by atoms with Gasteiger partial charge in [0.25, 0.3) is 5.91 Å². The number of anilines is 2. The van der Waals surface area contributed by atoms with Gasteiger partial charge in [-0.1, -0.05) is 6.07 Å². The molecule has 2 aliphatic rings. The molecule has 0 aromatic heterocycles. The van der Waals surface area contributed by atoms with Crippen LogP contribution in [0.3, 0.4) is 0 Å². The summed E-state index contributed by atoms with van der Waals surface area (Å²) in [4.78, 5) is 42.2. The van der Waals surface area contributed by atoms with Crippen LogP contribution >= 0.6 is 12.2 Å². The quantitative estimate of drug-likeness (QED) is 0.276. The third-order valence-electron chi connectivity index (χ3n) is 6.57. The van der Waals surface area contributed by atoms with Crippen molar-refractivity contribution in [2.24, 2.45) is 0 Å². The standard InChI is InChI=1S/C30H29N3O7S/c1-3-37-23-12-8-21(9-13-23)31-27(34)16-24-28(35)33(22-10-6-20(7-11-22)29(36)38-4-2)30(41)32(24)17-19-5-14-25-26(15-19)40-18-39-25/h5-15,24H,3-4,16-18H2,1-2H3,(H,31,34). The Morgan fingerprint density at radius 2 is 1.71 bits per heavy atom. The Kier molecular flexibility index (Phi) is 8.34. The Bertz CT molecular complexity index is 1460. The van der Waals surface area contributed by atoms with E-state index in [2.05, 4.69) is 5.32 Å². The monoisotopic (exact) mass is 575 g/mol. The van der Waals surface area contributed by atoms with Gasteiger partial charge < -0.3 is 29.2 Å². The Labute approximate surface area is 242 Å². The second kappa shape index (κ2) is 12.3. The lowest BCUT2D eigenvalue weighted by Crippen LogP contribution is -2.37. The lowest BCUT2D eigenvalue weighted by atomic mass is 10.1. The highest BCUT2D eigenvalue weighted by molar-refractivity contribution is 7.80. The first kappa shape index (κ1) is 27.9. The number of hydrogen-bond acceptors (Lipinski definition) is 8. The number of carbonyl (C=O) groups excluding carboxylic acids is 3. The minimum absolute atomic E-state index is 0.131. The first-order valence-corrected chi connectivity index (χ1v) is 13.6. The van der Waals surface area contributed by atoms with Crippen molar-refractivity contribution in [3.05, 3.63) is 77.9 Å². The third kappa shape index (κ3) is 6.09. The fourth-order valence-electron chi connectivity index (χ4n) is 4.64. The highest BCUT2D eigenvalue weighted by Crippen LogP contribution is 2.35. The maximum atomic E-state index is 13.8. The molecule has 1 unspecified atom stereocenters. The molecule has 212 valence electrons. The molecule has 2 amide bonds. The van der Waals surface area contributed by atoms with Gasteiger partial charge in [-0.3, -0.25) is 14.5 Å². The Morgan fingerprint density at radius 3 is 2.41 bits per heavy atom. The molecule has 10 nitrogen and oxygen atoms in total. The molecule has 1 saturated heterocycles. The number of ether oxygens (including phenoxy) is 4. The summed E-state index contributed by atoms with van der Waals surface area (Å²) in [6.45, 7) is 4.82. The van der Waals surface area contributed by atoms with Gasteiger partial charge in [0.05, 0.1) is 30.9 Å². The van der Waals surface area contributed by atoms with Crippen LogP contribution in [0.1, 0.15) is 36.2 Å². The topological polar surface area (TPSA) is 107 Å². The zero-order valence-electron chi connectivity index (χ0n) is 22.6. The number of fused-ring (bicyclic) bond motifs is 1. The largest absolute Gasteiger partial charge is 0.494 e. The van der Waals surface area contributed by atoms with Crippen molar-refractivity contribution >= 4 is 46.5 Å². The smallest absolute Gasteiger partial charge is 0.338 e. The lowest BCUT2D eigenvalue weighted by Gasteiger charge is -2.24. The van der Waals surface area contributed by atoms with Crippen LogP contribution in [0, 0.1) is 0 Å². The van der Waals surface area contributed by atoms with E-state index in [0.29, 0.717) is 40.8 Å². The van der Waals surface area contributed by atoms with Gasteiger partial charge in [-0.05, 0) is 92.3 Å². The number of benzene rings is 3. The zero-order chi connectivity index (χ0) is 28.9. The molecule has 5 rings (SSSR count). The Morgan fingerprint density at radius 1 is 0.976 bits per heavy atom. The van der Waals surface area contributed by atoms with E-state index in [4.69, 9.17) is 31.2 Å². The van der Waals surface area contributed by atoms with E-state index >= 15 is 0 Å². The minimum atomic E-state index is -0.861. The van der Waals surface area contributed by atoms with E-state index in [1.165, 1.54) is 4.90 Å². The minimum Gasteiger partial charge on any atom is -0.494 e. The van der Waals surface area contributed by atoms with E-state index in [0.717, 1.165) is 5.56 Å². The second-order valence-corrected chi connectivity index (χ2v) is 9.63. The van der Waals surface area contributed by atoms with Gasteiger partial charge in [0.1, 0.15) is 11.8 Å². The van der Waals surface area contributed by atoms with Crippen molar-refractivity contribution in [3.63, 3.8) is 0 Å². The highest BCUT2D eigenvalue weighted by atomic mass is 32.1. The molecule has 2 aliphatic heterocycles. The van der Waals surface area contributed by atoms with Gasteiger partial charge in [0.15, 0.2) is 16.6 Å². The average molecular weight is 576 g/mol. The fraction of sp³-hybridized carbons (Fsp3) is 0.267. The summed E-state index contributed by atoms with van der Waals surface area (Å²) in [7, 11) is 0. The number of nitrogens with zero attached hydrogens (tertiary/aromatic N) is 2. The number of amides is 2. The van der Waals surface area contributed by atoms with Gasteiger partial charge in [-0.2, -0.15) is 0 Å². The van der Waals surface area contributed by atoms with Crippen molar-refractivity contribution in [1.82, 2.24) is 4.90 Å². The molecule has 11 heteroatoms. The Hall–Kier alpha value is -4.64. The first-order chi connectivity index (χ1) is 19.9. The van der Waals surface area contributed by atoms with Crippen LogP contribution in [0.4, 0.5) is 11.4 Å². The number of nitrogens with one attached hydrogen (secondary N) is 1. The van der Waals surface area contributed by atoms with Crippen molar-refractivity contribution in [2.45, 2.75) is 32.9 Å². The van der Waals surface area contributed by atoms with E-state index in [-0.39, 0.29) is 43.3 Å². The van der Waals surface area contributed by atoms with Crippen LogP contribution in [-0.2, 0) is 20.9 Å². The van der Waals surface area contributed by atoms with Gasteiger partial charge in [0.2, 0.25) is 12.7 Å². The fourth-order valence-corrected chi connectivity index (χ4v) is 5.02. The number of carbonyl (C=O) groups is 3. The molecule has 1 N–H and O–H groups in total. The average Bonchev–Trinajstić information content (AvgIpc) is 3.52. The molecular weight excluding hydrogens is 546 g/mol. The number of rotatable bonds is 10. The highest BCUT2D eigenvalue weighted by Gasteiger charge is 2.44. The van der Waals surface area contributed by atoms with Crippen molar-refractivity contribution in [1.29, 1.82) is 0 Å². The van der Waals surface area contributed by atoms with Crippen LogP contribution in [0.25, 0.3) is 0 Å². The summed E-state index contributed by atoms with van der Waals surface area (Å²) in [6.07, 6.45) is -0.131. The summed E-state index contributed by atoms with van der Waals surface area (Å²) in [6, 6.07) is 18.1. The van der Waals surface area contributed by atoms with Crippen LogP contribution in [0.2, 0.25) is 0 Å². The molecule has 1 fully saturated rings. The van der Waals surface area contributed by atoms with E-state index < -0.39 is 12.0 Å². The molecular formula is C30H29N3O7S. The number of thiocarbonyl (C=S) groups is 1. The zero-order valence-corrected chi connectivity index (χ0v) is 23.4. The number of esters is 1. The lowest BCUT2D eigenvalue weighted by molar-refractivity contribution is -0.124. The van der Waals surface area contributed by atoms with Crippen LogP contribution < -0.4 is 24.4 Å². The Balaban J connectivity index is 1.38. The van der Waals surface area contributed by atoms with Crippen LogP contribution in [0.15, 0.2) is 66.7 Å². The van der Waals surface area contributed by atoms with Crippen LogP contribution in [-0.4, -0.2) is 53.8 Å². The molecule has 0 aliphatic carbocycles. The predicted molar refractivity (Wildman–Crippen MR) is 155 cm³/mol. The van der Waals surface area contributed by atoms with Gasteiger partial charge >= 0.3 is 5.97 Å². The van der Waals surface area contributed by atoms with Gasteiger partial charge in [0, 0.05) is 12.2 Å². The molecule has 0 radical (unpaired) electrons. The van der Waals surface area contributed by atoms with E-state index in [1.807, 2.05) is 19.1 Å². The predicted octanol–water partition coefficient (Wildman–Crippen LogP) is 4.52. The van der Waals surface area contributed by atoms with Gasteiger partial charge in [-0.25, -0.2) is 4.79 Å². The summed E-state index contributed by atoms with van der Waals surface area (Å²) >= 11 is 5.78. The van der Waals surface area contributed by atoms with Gasteiger partial charge in [-0.15, -0.1) is 0 Å². The molecule has 3 aromatic rings. The molecule has 0 saturated carbocycles. The maximum Gasteiger partial charge on any atom is 0.338 e. The SMILES string of the molecule is CCOC(=O)c1ccc(N2C(=O)C(CC(=O)Nc3ccc(OCC)cc3)N(Cc3ccc4c(c3)OCO4)C2=S)cc1. The van der Waals surface area contributed by atoms with E-state index in [9.17, 15) is 14.4 Å². The normalized spacial score (nSPS) is 15.7. The molecule has 41 heavy (non-hydrogen) atoms. The second-order valence-electron chi connectivity index (χ2n) is 9.26. The van der Waals surface area contributed by atoms with E-state index in [1.54, 1.807) is 66.4 Å². The summed E-state index contributed by atoms with van der Waals surface area (Å²) in [5.74, 6) is 0.800. The van der Waals surface area contributed by atoms with Crippen molar-refractivity contribution < 1.29 is 33.3 Å². The third-order valence-corrected chi connectivity index (χ3v) is 6.99.